The number of hydrogen-bond donors (Lipinski definition) is 2. The third kappa shape index (κ3) is 2.77. The summed E-state index contributed by atoms with van der Waals surface area (Å²) in [6.45, 7) is 1.39. The Morgan fingerprint density at radius 3 is 3.17 bits per heavy atom. The highest BCUT2D eigenvalue weighted by atomic mass is 16.7. The summed E-state index contributed by atoms with van der Waals surface area (Å²) in [6.07, 6.45) is 1.38. The van der Waals surface area contributed by atoms with Gasteiger partial charge in [0.1, 0.15) is 6.10 Å². The van der Waals surface area contributed by atoms with E-state index in [-0.39, 0.29) is 12.0 Å². The largest absolute Gasteiger partial charge is 0.368 e. The smallest absolute Gasteiger partial charge is 0.272 e. The van der Waals surface area contributed by atoms with Crippen LogP contribution in [0, 0.1) is 0 Å². The van der Waals surface area contributed by atoms with E-state index in [0.29, 0.717) is 19.8 Å². The normalized spacial score (nSPS) is 22.6. The monoisotopic (exact) mass is 174 g/mol. The summed E-state index contributed by atoms with van der Waals surface area (Å²) >= 11 is 0. The van der Waals surface area contributed by atoms with Crippen molar-refractivity contribution >= 4 is 5.91 Å². The fourth-order valence-corrected chi connectivity index (χ4v) is 1.03. The molecule has 1 amide bonds. The summed E-state index contributed by atoms with van der Waals surface area (Å²) in [4.78, 5) is 15.9. The Bertz CT molecular complexity index is 146. The average molecular weight is 174 g/mol. The van der Waals surface area contributed by atoms with Crippen molar-refractivity contribution in [2.24, 2.45) is 5.73 Å². The number of nitrogens with two attached hydrogens (primary N) is 1. The van der Waals surface area contributed by atoms with Crippen molar-refractivity contribution in [3.63, 3.8) is 0 Å². The summed E-state index contributed by atoms with van der Waals surface area (Å²) < 4.78 is 5.12. The topological polar surface area (TPSA) is 73.6 Å². The van der Waals surface area contributed by atoms with Crippen molar-refractivity contribution in [3.8, 4) is 0 Å². The second-order valence-corrected chi connectivity index (χ2v) is 2.61. The number of ether oxygens (including phenoxy) is 1. The Morgan fingerprint density at radius 1 is 1.75 bits per heavy atom. The summed E-state index contributed by atoms with van der Waals surface area (Å²) in [5.74, 6) is -0.207. The lowest BCUT2D eigenvalue weighted by atomic mass is 10.2. The van der Waals surface area contributed by atoms with E-state index in [1.807, 2.05) is 0 Å². The first-order valence-corrected chi connectivity index (χ1v) is 4.08. The second-order valence-electron chi connectivity index (χ2n) is 2.61. The molecule has 1 saturated heterocycles. The molecular weight excluding hydrogens is 160 g/mol. The Balaban J connectivity index is 2.10. The molecule has 1 fully saturated rings. The molecular formula is C7H14N2O3. The minimum atomic E-state index is -0.331. The molecule has 70 valence electrons. The number of hydroxylamine groups is 1. The van der Waals surface area contributed by atoms with Gasteiger partial charge in [0.05, 0.1) is 6.61 Å². The van der Waals surface area contributed by atoms with Crippen molar-refractivity contribution in [2.75, 3.05) is 19.8 Å². The molecule has 0 aliphatic carbocycles. The molecule has 1 aliphatic heterocycles. The predicted octanol–water partition coefficient (Wildman–Crippen LogP) is -0.828. The van der Waals surface area contributed by atoms with Gasteiger partial charge in [-0.15, -0.1) is 0 Å². The maximum absolute atomic E-state index is 11.1. The SMILES string of the molecule is NCCONC(=O)C1CCCO1. The van der Waals surface area contributed by atoms with E-state index in [1.54, 1.807) is 0 Å². The van der Waals surface area contributed by atoms with Gasteiger partial charge in [0.2, 0.25) is 0 Å². The zero-order valence-electron chi connectivity index (χ0n) is 6.91. The summed E-state index contributed by atoms with van der Waals surface area (Å²) in [6, 6.07) is 0. The van der Waals surface area contributed by atoms with Gasteiger partial charge in [-0.3, -0.25) is 9.63 Å². The van der Waals surface area contributed by atoms with Crippen LogP contribution in [0.25, 0.3) is 0 Å². The third-order valence-corrected chi connectivity index (χ3v) is 1.61. The first-order chi connectivity index (χ1) is 5.84. The fourth-order valence-electron chi connectivity index (χ4n) is 1.03. The van der Waals surface area contributed by atoms with Gasteiger partial charge in [-0.05, 0) is 12.8 Å². The molecule has 0 spiro atoms. The Labute approximate surface area is 71.2 Å². The molecule has 0 aromatic carbocycles. The maximum Gasteiger partial charge on any atom is 0.272 e. The highest BCUT2D eigenvalue weighted by Gasteiger charge is 2.23. The van der Waals surface area contributed by atoms with Crippen molar-refractivity contribution in [1.29, 1.82) is 0 Å². The van der Waals surface area contributed by atoms with Crippen LogP contribution in [0.4, 0.5) is 0 Å². The molecule has 3 N–H and O–H groups in total. The van der Waals surface area contributed by atoms with Crippen LogP contribution in [-0.2, 0) is 14.4 Å². The molecule has 0 bridgehead atoms. The van der Waals surface area contributed by atoms with Crippen LogP contribution in [0.5, 0.6) is 0 Å². The lowest BCUT2D eigenvalue weighted by molar-refractivity contribution is -0.142. The molecule has 5 nitrogen and oxygen atoms in total. The standard InChI is InChI=1S/C7H14N2O3/c8-3-5-12-9-7(10)6-2-1-4-11-6/h6H,1-5,8H2,(H,9,10). The van der Waals surface area contributed by atoms with Gasteiger partial charge in [0.15, 0.2) is 0 Å². The second kappa shape index (κ2) is 5.08. The van der Waals surface area contributed by atoms with Gasteiger partial charge < -0.3 is 10.5 Å². The molecule has 0 radical (unpaired) electrons. The lowest BCUT2D eigenvalue weighted by Crippen LogP contribution is -2.35. The molecule has 1 unspecified atom stereocenters. The lowest BCUT2D eigenvalue weighted by Gasteiger charge is -2.09. The summed E-state index contributed by atoms with van der Waals surface area (Å²) in [5, 5.41) is 0. The van der Waals surface area contributed by atoms with E-state index in [9.17, 15) is 4.79 Å². The van der Waals surface area contributed by atoms with Gasteiger partial charge in [-0.2, -0.15) is 0 Å². The molecule has 5 heteroatoms. The Hall–Kier alpha value is -0.650. The quantitative estimate of drug-likeness (QED) is 0.431. The molecule has 1 aliphatic rings. The zero-order chi connectivity index (χ0) is 8.81. The maximum atomic E-state index is 11.1. The molecule has 1 rings (SSSR count). The Morgan fingerprint density at radius 2 is 2.58 bits per heavy atom. The van der Waals surface area contributed by atoms with E-state index in [0.717, 1.165) is 12.8 Å². The zero-order valence-corrected chi connectivity index (χ0v) is 6.91. The summed E-state index contributed by atoms with van der Waals surface area (Å²) in [5.41, 5.74) is 7.44. The number of rotatable bonds is 4. The minimum Gasteiger partial charge on any atom is -0.368 e. The van der Waals surface area contributed by atoms with Crippen LogP contribution in [-0.4, -0.2) is 31.8 Å². The number of carbonyl (C=O) groups excluding carboxylic acids is 1. The number of carbonyl (C=O) groups is 1. The van der Waals surface area contributed by atoms with Crippen molar-refractivity contribution < 1.29 is 14.4 Å². The van der Waals surface area contributed by atoms with E-state index in [1.165, 1.54) is 0 Å². The van der Waals surface area contributed by atoms with Gasteiger partial charge >= 0.3 is 0 Å². The van der Waals surface area contributed by atoms with Crippen molar-refractivity contribution in [1.82, 2.24) is 5.48 Å². The highest BCUT2D eigenvalue weighted by molar-refractivity contribution is 5.79. The third-order valence-electron chi connectivity index (χ3n) is 1.61. The minimum absolute atomic E-state index is 0.207. The van der Waals surface area contributed by atoms with Gasteiger partial charge in [-0.25, -0.2) is 5.48 Å². The van der Waals surface area contributed by atoms with Crippen LogP contribution >= 0.6 is 0 Å². The first-order valence-electron chi connectivity index (χ1n) is 4.08. The average Bonchev–Trinajstić information content (AvgIpc) is 2.56. The molecule has 0 saturated carbocycles. The molecule has 1 heterocycles. The van der Waals surface area contributed by atoms with Crippen LogP contribution in [0.1, 0.15) is 12.8 Å². The van der Waals surface area contributed by atoms with Crippen molar-refractivity contribution in [2.45, 2.75) is 18.9 Å². The van der Waals surface area contributed by atoms with E-state index in [4.69, 9.17) is 15.3 Å². The van der Waals surface area contributed by atoms with E-state index in [2.05, 4.69) is 5.48 Å². The van der Waals surface area contributed by atoms with Crippen LogP contribution in [0.15, 0.2) is 0 Å². The number of nitrogens with one attached hydrogen (secondary N) is 1. The van der Waals surface area contributed by atoms with Gasteiger partial charge in [0.25, 0.3) is 5.91 Å². The molecule has 1 atom stereocenters. The van der Waals surface area contributed by atoms with E-state index < -0.39 is 0 Å². The molecule has 12 heavy (non-hydrogen) atoms. The highest BCUT2D eigenvalue weighted by Crippen LogP contribution is 2.11. The van der Waals surface area contributed by atoms with Gasteiger partial charge in [0, 0.05) is 13.2 Å². The van der Waals surface area contributed by atoms with Gasteiger partial charge in [-0.1, -0.05) is 0 Å². The molecule has 0 aromatic rings. The van der Waals surface area contributed by atoms with Crippen LogP contribution in [0.2, 0.25) is 0 Å². The van der Waals surface area contributed by atoms with Crippen LogP contribution < -0.4 is 11.2 Å². The number of hydrogen-bond acceptors (Lipinski definition) is 4. The summed E-state index contributed by atoms with van der Waals surface area (Å²) in [7, 11) is 0. The van der Waals surface area contributed by atoms with Crippen LogP contribution in [0.3, 0.4) is 0 Å². The molecule has 0 aromatic heterocycles. The first kappa shape index (κ1) is 9.44. The number of amides is 1. The Kier molecular flexibility index (Phi) is 3.99. The van der Waals surface area contributed by atoms with Crippen molar-refractivity contribution in [3.05, 3.63) is 0 Å². The predicted molar refractivity (Wildman–Crippen MR) is 42.1 cm³/mol. The van der Waals surface area contributed by atoms with E-state index >= 15 is 0 Å². The fraction of sp³-hybridized carbons (Fsp3) is 0.857.